The maximum Gasteiger partial charge on any atom is 0.433 e. The van der Waals surface area contributed by atoms with Crippen molar-refractivity contribution >= 4 is 5.82 Å². The highest BCUT2D eigenvalue weighted by Crippen LogP contribution is 2.31. The summed E-state index contributed by atoms with van der Waals surface area (Å²) in [5.74, 6) is 0.449. The molecule has 1 fully saturated rings. The first kappa shape index (κ1) is 22.7. The molecule has 1 aliphatic rings. The number of piperazine rings is 1. The summed E-state index contributed by atoms with van der Waals surface area (Å²) in [5, 5.41) is 9.62. The molecule has 33 heavy (non-hydrogen) atoms. The van der Waals surface area contributed by atoms with Crippen LogP contribution in [0, 0.1) is 18.3 Å². The van der Waals surface area contributed by atoms with Gasteiger partial charge in [-0.2, -0.15) is 18.4 Å². The van der Waals surface area contributed by atoms with Crippen LogP contribution in [-0.2, 0) is 6.18 Å². The zero-order valence-electron chi connectivity index (χ0n) is 18.3. The Kier molecular flexibility index (Phi) is 6.29. The molecule has 0 radical (unpaired) electrons. The molecule has 6 nitrogen and oxygen atoms in total. The van der Waals surface area contributed by atoms with Crippen molar-refractivity contribution in [3.63, 3.8) is 0 Å². The second kappa shape index (κ2) is 9.16. The predicted molar refractivity (Wildman–Crippen MR) is 118 cm³/mol. The van der Waals surface area contributed by atoms with E-state index in [-0.39, 0.29) is 11.7 Å². The highest BCUT2D eigenvalue weighted by Gasteiger charge is 2.32. The minimum absolute atomic E-state index is 0.209. The minimum atomic E-state index is -4.51. The van der Waals surface area contributed by atoms with E-state index in [1.165, 1.54) is 11.6 Å². The lowest BCUT2D eigenvalue weighted by Gasteiger charge is -2.39. The Morgan fingerprint density at radius 1 is 1.00 bits per heavy atom. The Morgan fingerprint density at radius 3 is 2.27 bits per heavy atom. The molecule has 0 saturated carbocycles. The molecular formula is C24H23F3N6. The van der Waals surface area contributed by atoms with Crippen LogP contribution in [0.2, 0.25) is 0 Å². The number of aryl methyl sites for hydroxylation is 1. The summed E-state index contributed by atoms with van der Waals surface area (Å²) >= 11 is 0. The van der Waals surface area contributed by atoms with Gasteiger partial charge in [0.05, 0.1) is 11.4 Å². The molecule has 1 aliphatic heterocycles. The Morgan fingerprint density at radius 2 is 1.70 bits per heavy atom. The van der Waals surface area contributed by atoms with Crippen molar-refractivity contribution < 1.29 is 13.2 Å². The van der Waals surface area contributed by atoms with Crippen LogP contribution in [0.15, 0.2) is 48.7 Å². The number of nitriles is 1. The standard InChI is InChI=1S/C24H23F3N6/c1-16-22(19-8-9-21(29-15-19)24(25,26)27)31-23(20(14-28)30-16)33-12-10-32(11-13-33)17(2)18-6-4-3-5-7-18/h3-9,15,17H,10-13H2,1-2H3. The normalized spacial score (nSPS) is 15.8. The van der Waals surface area contributed by atoms with Gasteiger partial charge in [-0.1, -0.05) is 30.3 Å². The zero-order chi connectivity index (χ0) is 23.6. The van der Waals surface area contributed by atoms with E-state index in [0.29, 0.717) is 35.9 Å². The van der Waals surface area contributed by atoms with Gasteiger partial charge in [0.15, 0.2) is 11.5 Å². The molecule has 1 atom stereocenters. The molecule has 0 N–H and O–H groups in total. The molecular weight excluding hydrogens is 429 g/mol. The number of benzene rings is 1. The number of hydrogen-bond acceptors (Lipinski definition) is 6. The van der Waals surface area contributed by atoms with Gasteiger partial charge in [0.25, 0.3) is 0 Å². The SMILES string of the molecule is Cc1nc(C#N)c(N2CCN(C(C)c3ccccc3)CC2)nc1-c1ccc(C(F)(F)F)nc1. The number of nitrogens with zero attached hydrogens (tertiary/aromatic N) is 6. The van der Waals surface area contributed by atoms with Gasteiger partial charge in [0.1, 0.15) is 11.8 Å². The third-order valence-corrected chi connectivity index (χ3v) is 5.93. The monoisotopic (exact) mass is 452 g/mol. The smallest absolute Gasteiger partial charge is 0.352 e. The van der Waals surface area contributed by atoms with Crippen LogP contribution in [-0.4, -0.2) is 46.0 Å². The lowest BCUT2D eigenvalue weighted by molar-refractivity contribution is -0.141. The summed E-state index contributed by atoms with van der Waals surface area (Å²) in [6, 6.07) is 14.9. The molecule has 9 heteroatoms. The summed E-state index contributed by atoms with van der Waals surface area (Å²) in [7, 11) is 0. The van der Waals surface area contributed by atoms with E-state index < -0.39 is 11.9 Å². The summed E-state index contributed by atoms with van der Waals surface area (Å²) < 4.78 is 38.6. The van der Waals surface area contributed by atoms with E-state index >= 15 is 0 Å². The fraction of sp³-hybridized carbons (Fsp3) is 0.333. The highest BCUT2D eigenvalue weighted by molar-refractivity contribution is 5.65. The molecule has 1 unspecified atom stereocenters. The number of anilines is 1. The molecule has 0 spiro atoms. The lowest BCUT2D eigenvalue weighted by Crippen LogP contribution is -2.47. The molecule has 0 amide bonds. The molecule has 1 saturated heterocycles. The summed E-state index contributed by atoms with van der Waals surface area (Å²) in [5.41, 5.74) is 1.81. The van der Waals surface area contributed by atoms with E-state index in [4.69, 9.17) is 0 Å². The number of hydrogen-bond donors (Lipinski definition) is 0. The van der Waals surface area contributed by atoms with Crippen LogP contribution in [0.25, 0.3) is 11.3 Å². The van der Waals surface area contributed by atoms with Gasteiger partial charge in [0.2, 0.25) is 0 Å². The van der Waals surface area contributed by atoms with Crippen LogP contribution >= 0.6 is 0 Å². The topological polar surface area (TPSA) is 68.9 Å². The van der Waals surface area contributed by atoms with Crippen molar-refractivity contribution in [2.24, 2.45) is 0 Å². The highest BCUT2D eigenvalue weighted by atomic mass is 19.4. The first-order chi connectivity index (χ1) is 15.8. The van der Waals surface area contributed by atoms with E-state index in [1.54, 1.807) is 6.92 Å². The Labute approximate surface area is 190 Å². The number of aromatic nitrogens is 3. The molecule has 2 aromatic heterocycles. The van der Waals surface area contributed by atoms with Crippen molar-refractivity contribution in [2.45, 2.75) is 26.1 Å². The Hall–Kier alpha value is -3.51. The van der Waals surface area contributed by atoms with Crippen molar-refractivity contribution in [3.8, 4) is 17.3 Å². The first-order valence-corrected chi connectivity index (χ1v) is 10.6. The van der Waals surface area contributed by atoms with Crippen LogP contribution in [0.4, 0.5) is 19.0 Å². The van der Waals surface area contributed by atoms with Gasteiger partial charge in [-0.05, 0) is 31.5 Å². The quantitative estimate of drug-likeness (QED) is 0.575. The fourth-order valence-electron chi connectivity index (χ4n) is 4.04. The predicted octanol–water partition coefficient (Wildman–Crippen LogP) is 4.62. The van der Waals surface area contributed by atoms with Gasteiger partial charge < -0.3 is 4.90 Å². The molecule has 3 heterocycles. The van der Waals surface area contributed by atoms with Crippen molar-refractivity contribution in [1.29, 1.82) is 5.26 Å². The number of rotatable bonds is 4. The van der Waals surface area contributed by atoms with E-state index in [0.717, 1.165) is 25.4 Å². The summed E-state index contributed by atoms with van der Waals surface area (Å²) in [4.78, 5) is 17.0. The third-order valence-electron chi connectivity index (χ3n) is 5.93. The molecule has 170 valence electrons. The van der Waals surface area contributed by atoms with Crippen LogP contribution in [0.3, 0.4) is 0 Å². The summed E-state index contributed by atoms with van der Waals surface area (Å²) in [6.07, 6.45) is -3.36. The summed E-state index contributed by atoms with van der Waals surface area (Å²) in [6.45, 7) is 6.75. The van der Waals surface area contributed by atoms with Gasteiger partial charge in [-0.3, -0.25) is 9.88 Å². The van der Waals surface area contributed by atoms with Crippen molar-refractivity contribution in [1.82, 2.24) is 19.9 Å². The van der Waals surface area contributed by atoms with Gasteiger partial charge in [0, 0.05) is 44.0 Å². The average Bonchev–Trinajstić information content (AvgIpc) is 2.83. The number of halogens is 3. The average molecular weight is 452 g/mol. The molecule has 0 bridgehead atoms. The molecule has 1 aromatic carbocycles. The molecule has 0 aliphatic carbocycles. The van der Waals surface area contributed by atoms with Crippen LogP contribution in [0.5, 0.6) is 0 Å². The Balaban J connectivity index is 1.56. The van der Waals surface area contributed by atoms with Crippen molar-refractivity contribution in [2.75, 3.05) is 31.1 Å². The maximum atomic E-state index is 12.9. The first-order valence-electron chi connectivity index (χ1n) is 10.6. The third kappa shape index (κ3) is 4.81. The van der Waals surface area contributed by atoms with E-state index in [1.807, 2.05) is 23.1 Å². The van der Waals surface area contributed by atoms with Crippen molar-refractivity contribution in [3.05, 3.63) is 71.3 Å². The minimum Gasteiger partial charge on any atom is -0.352 e. The second-order valence-corrected chi connectivity index (χ2v) is 7.98. The molecule has 4 rings (SSSR count). The molecule has 3 aromatic rings. The van der Waals surface area contributed by atoms with Crippen LogP contribution in [0.1, 0.15) is 35.6 Å². The number of alkyl halides is 3. The van der Waals surface area contributed by atoms with Gasteiger partial charge in [-0.25, -0.2) is 9.97 Å². The maximum absolute atomic E-state index is 12.9. The lowest BCUT2D eigenvalue weighted by atomic mass is 10.1. The van der Waals surface area contributed by atoms with Gasteiger partial charge >= 0.3 is 6.18 Å². The largest absolute Gasteiger partial charge is 0.433 e. The van der Waals surface area contributed by atoms with Gasteiger partial charge in [-0.15, -0.1) is 0 Å². The van der Waals surface area contributed by atoms with E-state index in [9.17, 15) is 18.4 Å². The van der Waals surface area contributed by atoms with E-state index in [2.05, 4.69) is 45.0 Å². The number of pyridine rings is 1. The fourth-order valence-corrected chi connectivity index (χ4v) is 4.04. The Bertz CT molecular complexity index is 1150. The zero-order valence-corrected chi connectivity index (χ0v) is 18.3. The van der Waals surface area contributed by atoms with Crippen LogP contribution < -0.4 is 4.90 Å². The second-order valence-electron chi connectivity index (χ2n) is 7.98.